The van der Waals surface area contributed by atoms with Gasteiger partial charge in [-0.3, -0.25) is 8.75 Å². The molecule has 0 spiro atoms. The van der Waals surface area contributed by atoms with Crippen molar-refractivity contribution in [3.8, 4) is 0 Å². The van der Waals surface area contributed by atoms with E-state index in [0.717, 1.165) is 10.9 Å². The molecule has 3 heteroatoms. The number of nitrogens with zero attached hydrogens (tertiary/aromatic N) is 1. The van der Waals surface area contributed by atoms with Crippen molar-refractivity contribution in [2.24, 2.45) is 7.05 Å². The van der Waals surface area contributed by atoms with Crippen LogP contribution in [0.5, 0.6) is 0 Å². The molecule has 1 aromatic heterocycles. The molecule has 0 amide bonds. The van der Waals surface area contributed by atoms with E-state index >= 15 is 0 Å². The van der Waals surface area contributed by atoms with Crippen molar-refractivity contribution in [2.75, 3.05) is 0 Å². The summed E-state index contributed by atoms with van der Waals surface area (Å²) in [7, 11) is 1.93. The number of hydrogen-bond acceptors (Lipinski definition) is 2. The van der Waals surface area contributed by atoms with Crippen LogP contribution in [-0.2, 0) is 7.05 Å². The quantitative estimate of drug-likeness (QED) is 0.628. The normalized spacial score (nSPS) is 11.0. The minimum absolute atomic E-state index is 0.153. The van der Waals surface area contributed by atoms with E-state index in [4.69, 9.17) is 0 Å². The van der Waals surface area contributed by atoms with Crippen LogP contribution >= 0.6 is 11.5 Å². The zero-order valence-corrected chi connectivity index (χ0v) is 8.73. The van der Waals surface area contributed by atoms with Gasteiger partial charge in [-0.2, -0.15) is 0 Å². The summed E-state index contributed by atoms with van der Waals surface area (Å²) in [6.45, 7) is 4.13. The van der Waals surface area contributed by atoms with Crippen molar-refractivity contribution in [1.82, 2.24) is 3.96 Å². The van der Waals surface area contributed by atoms with Crippen LogP contribution in [0.4, 0.5) is 0 Å². The smallest absolute Gasteiger partial charge is 0.257 e. The third kappa shape index (κ3) is 1.11. The Morgan fingerprint density at radius 3 is 2.69 bits per heavy atom. The van der Waals surface area contributed by atoms with Gasteiger partial charge >= 0.3 is 0 Å². The van der Waals surface area contributed by atoms with Gasteiger partial charge < -0.3 is 0 Å². The molecule has 0 N–H and O–H groups in total. The fraction of sp³-hybridized carbons (Fsp3) is 0.300. The third-order valence-corrected chi connectivity index (χ3v) is 3.30. The van der Waals surface area contributed by atoms with Gasteiger partial charge in [-0.25, -0.2) is 0 Å². The maximum Gasteiger partial charge on any atom is 0.257 e. The lowest BCUT2D eigenvalue weighted by molar-refractivity contribution is 1.07. The second kappa shape index (κ2) is 2.70. The van der Waals surface area contributed by atoms with Gasteiger partial charge in [-0.1, -0.05) is 6.07 Å². The zero-order chi connectivity index (χ0) is 9.59. The van der Waals surface area contributed by atoms with Gasteiger partial charge in [0.05, 0.1) is 10.9 Å². The Hall–Kier alpha value is -1.09. The molecule has 0 saturated heterocycles. The monoisotopic (exact) mass is 193 g/mol. The second-order valence-electron chi connectivity index (χ2n) is 3.28. The molecule has 0 saturated carbocycles. The molecule has 13 heavy (non-hydrogen) atoms. The summed E-state index contributed by atoms with van der Waals surface area (Å²) in [5.74, 6) is 0. The molecule has 0 unspecified atom stereocenters. The summed E-state index contributed by atoms with van der Waals surface area (Å²) in [5.41, 5.74) is 3.52. The molecule has 0 radical (unpaired) electrons. The Kier molecular flexibility index (Phi) is 1.77. The van der Waals surface area contributed by atoms with Crippen LogP contribution in [0.1, 0.15) is 11.1 Å². The van der Waals surface area contributed by atoms with Crippen LogP contribution in [-0.4, -0.2) is 3.96 Å². The summed E-state index contributed by atoms with van der Waals surface area (Å²) >= 11 is 1.27. The van der Waals surface area contributed by atoms with E-state index in [1.165, 1.54) is 22.7 Å². The standard InChI is InChI=1S/C10H11NOS/c1-6-4-5-8-9(7(6)2)11(3)13-10(8)12/h4-5H,1-3H3. The Labute approximate surface area is 80.6 Å². The summed E-state index contributed by atoms with van der Waals surface area (Å²) < 4.78 is 2.10. The van der Waals surface area contributed by atoms with Gasteiger partial charge in [0.2, 0.25) is 0 Å². The average molecular weight is 193 g/mol. The lowest BCUT2D eigenvalue weighted by Gasteiger charge is -2.02. The molecular formula is C10H11NOS. The van der Waals surface area contributed by atoms with Crippen molar-refractivity contribution < 1.29 is 0 Å². The first-order valence-corrected chi connectivity index (χ1v) is 4.95. The van der Waals surface area contributed by atoms with Crippen molar-refractivity contribution >= 4 is 22.4 Å². The van der Waals surface area contributed by atoms with Crippen LogP contribution in [0.3, 0.4) is 0 Å². The molecule has 0 atom stereocenters. The van der Waals surface area contributed by atoms with Crippen LogP contribution < -0.4 is 4.74 Å². The molecule has 0 fully saturated rings. The van der Waals surface area contributed by atoms with Crippen molar-refractivity contribution in [3.05, 3.63) is 32.8 Å². The number of fused-ring (bicyclic) bond motifs is 1. The first-order chi connectivity index (χ1) is 6.11. The van der Waals surface area contributed by atoms with Gasteiger partial charge in [0, 0.05) is 7.05 Å². The number of aryl methyl sites for hydroxylation is 3. The van der Waals surface area contributed by atoms with E-state index < -0.39 is 0 Å². The Morgan fingerprint density at radius 1 is 1.31 bits per heavy atom. The number of rotatable bonds is 0. The highest BCUT2D eigenvalue weighted by molar-refractivity contribution is 7.05. The molecule has 2 nitrogen and oxygen atoms in total. The Bertz CT molecular complexity index is 521. The summed E-state index contributed by atoms with van der Waals surface area (Å²) in [6.07, 6.45) is 0. The number of hydrogen-bond donors (Lipinski definition) is 0. The molecule has 2 aromatic rings. The van der Waals surface area contributed by atoms with Crippen molar-refractivity contribution in [1.29, 1.82) is 0 Å². The fourth-order valence-electron chi connectivity index (χ4n) is 1.59. The zero-order valence-electron chi connectivity index (χ0n) is 7.92. The lowest BCUT2D eigenvalue weighted by Crippen LogP contribution is -1.90. The Morgan fingerprint density at radius 2 is 2.00 bits per heavy atom. The maximum absolute atomic E-state index is 11.5. The fourth-order valence-corrected chi connectivity index (χ4v) is 2.43. The van der Waals surface area contributed by atoms with E-state index in [1.54, 1.807) is 0 Å². The van der Waals surface area contributed by atoms with Gasteiger partial charge in [-0.05, 0) is 42.6 Å². The summed E-state index contributed by atoms with van der Waals surface area (Å²) in [5, 5.41) is 0.843. The van der Waals surface area contributed by atoms with Gasteiger partial charge in [-0.15, -0.1) is 0 Å². The second-order valence-corrected chi connectivity index (χ2v) is 4.38. The molecule has 68 valence electrons. The van der Waals surface area contributed by atoms with E-state index in [9.17, 15) is 4.79 Å². The van der Waals surface area contributed by atoms with Crippen LogP contribution in [0, 0.1) is 13.8 Å². The average Bonchev–Trinajstić information content (AvgIpc) is 2.35. The number of aromatic nitrogens is 1. The minimum Gasteiger partial charge on any atom is -0.297 e. The highest BCUT2D eigenvalue weighted by atomic mass is 32.1. The van der Waals surface area contributed by atoms with Gasteiger partial charge in [0.15, 0.2) is 0 Å². The van der Waals surface area contributed by atoms with Crippen LogP contribution in [0.2, 0.25) is 0 Å². The molecule has 2 rings (SSSR count). The minimum atomic E-state index is 0.153. The SMILES string of the molecule is Cc1ccc2c(=O)sn(C)c2c1C. The van der Waals surface area contributed by atoms with Crippen LogP contribution in [0.25, 0.3) is 10.9 Å². The molecule has 1 aromatic carbocycles. The van der Waals surface area contributed by atoms with E-state index in [1.807, 2.05) is 23.1 Å². The van der Waals surface area contributed by atoms with E-state index in [-0.39, 0.29) is 4.74 Å². The number of benzene rings is 1. The molecule has 0 aliphatic carbocycles. The van der Waals surface area contributed by atoms with Crippen molar-refractivity contribution in [2.45, 2.75) is 13.8 Å². The summed E-state index contributed by atoms with van der Waals surface area (Å²) in [6, 6.07) is 3.92. The van der Waals surface area contributed by atoms with Gasteiger partial charge in [0.1, 0.15) is 0 Å². The molecule has 0 aliphatic rings. The first kappa shape index (κ1) is 8.51. The third-order valence-electron chi connectivity index (χ3n) is 2.46. The molecule has 0 aliphatic heterocycles. The topological polar surface area (TPSA) is 22.0 Å². The highest BCUT2D eigenvalue weighted by Crippen LogP contribution is 2.20. The highest BCUT2D eigenvalue weighted by Gasteiger charge is 2.07. The van der Waals surface area contributed by atoms with Crippen LogP contribution in [0.15, 0.2) is 16.9 Å². The van der Waals surface area contributed by atoms with Crippen molar-refractivity contribution in [3.63, 3.8) is 0 Å². The first-order valence-electron chi connectivity index (χ1n) is 4.17. The maximum atomic E-state index is 11.5. The van der Waals surface area contributed by atoms with E-state index in [0.29, 0.717) is 0 Å². The Balaban J connectivity index is 3.07. The molecule has 0 bridgehead atoms. The summed E-state index contributed by atoms with van der Waals surface area (Å²) in [4.78, 5) is 11.5. The predicted octanol–water partition coefficient (Wildman–Crippen LogP) is 2.22. The molecular weight excluding hydrogens is 182 g/mol. The lowest BCUT2D eigenvalue weighted by atomic mass is 10.1. The molecule has 1 heterocycles. The largest absolute Gasteiger partial charge is 0.297 e. The van der Waals surface area contributed by atoms with Gasteiger partial charge in [0.25, 0.3) is 4.74 Å². The van der Waals surface area contributed by atoms with E-state index in [2.05, 4.69) is 13.8 Å². The predicted molar refractivity (Wildman–Crippen MR) is 56.5 cm³/mol.